The third-order valence-corrected chi connectivity index (χ3v) is 6.13. The summed E-state index contributed by atoms with van der Waals surface area (Å²) in [7, 11) is 0. The molecule has 0 spiro atoms. The largest absolute Gasteiger partial charge is 0.493 e. The van der Waals surface area contributed by atoms with E-state index in [1.807, 2.05) is 24.3 Å². The van der Waals surface area contributed by atoms with Crippen LogP contribution in [0.3, 0.4) is 0 Å². The number of nitrogens with zero attached hydrogens (tertiary/aromatic N) is 3. The van der Waals surface area contributed by atoms with Crippen LogP contribution in [0.25, 0.3) is 5.69 Å². The minimum atomic E-state index is -0.811. The fourth-order valence-electron chi connectivity index (χ4n) is 4.06. The van der Waals surface area contributed by atoms with E-state index in [0.29, 0.717) is 10.9 Å². The molecule has 0 unspecified atom stereocenters. The van der Waals surface area contributed by atoms with Gasteiger partial charge < -0.3 is 5.11 Å². The Bertz CT molecular complexity index is 1390. The molecule has 0 fully saturated rings. The van der Waals surface area contributed by atoms with Crippen LogP contribution < -0.4 is 11.2 Å². The summed E-state index contributed by atoms with van der Waals surface area (Å²) in [6.45, 7) is 5.93. The maximum atomic E-state index is 12.8. The molecule has 34 heavy (non-hydrogen) atoms. The van der Waals surface area contributed by atoms with Crippen LogP contribution in [0.4, 0.5) is 0 Å². The number of rotatable bonds is 5. The van der Waals surface area contributed by atoms with Gasteiger partial charge in [0.2, 0.25) is 11.8 Å². The van der Waals surface area contributed by atoms with Crippen molar-refractivity contribution in [1.82, 2.24) is 14.6 Å². The summed E-state index contributed by atoms with van der Waals surface area (Å²) >= 11 is 6.05. The van der Waals surface area contributed by atoms with Crippen LogP contribution in [-0.2, 0) is 4.79 Å². The monoisotopic (exact) mass is 480 g/mol. The van der Waals surface area contributed by atoms with Crippen LogP contribution in [0.15, 0.2) is 63.2 Å². The van der Waals surface area contributed by atoms with E-state index >= 15 is 0 Å². The minimum absolute atomic E-state index is 0.158. The van der Waals surface area contributed by atoms with Gasteiger partial charge in [0.15, 0.2) is 0 Å². The van der Waals surface area contributed by atoms with E-state index in [9.17, 15) is 19.5 Å². The Kier molecular flexibility index (Phi) is 6.43. The molecule has 0 saturated heterocycles. The first-order chi connectivity index (χ1) is 16.2. The zero-order valence-electron chi connectivity index (χ0n) is 19.1. The summed E-state index contributed by atoms with van der Waals surface area (Å²) in [5.74, 6) is -0.414. The summed E-state index contributed by atoms with van der Waals surface area (Å²) < 4.78 is 0.960. The summed E-state index contributed by atoms with van der Waals surface area (Å²) in [6, 6.07) is 13.8. The first-order valence-electron chi connectivity index (χ1n) is 11.0. The van der Waals surface area contributed by atoms with E-state index in [1.165, 1.54) is 16.6 Å². The van der Waals surface area contributed by atoms with Gasteiger partial charge in [-0.2, -0.15) is 5.10 Å². The quantitative estimate of drug-likeness (QED) is 0.573. The molecule has 1 amide bonds. The van der Waals surface area contributed by atoms with E-state index in [1.54, 1.807) is 25.1 Å². The van der Waals surface area contributed by atoms with Crippen LogP contribution in [0.5, 0.6) is 5.88 Å². The van der Waals surface area contributed by atoms with Crippen LogP contribution in [0.2, 0.25) is 5.02 Å². The molecule has 9 heteroatoms. The van der Waals surface area contributed by atoms with Crippen molar-refractivity contribution < 1.29 is 9.90 Å². The lowest BCUT2D eigenvalue weighted by Gasteiger charge is -2.22. The second kappa shape index (κ2) is 9.30. The zero-order chi connectivity index (χ0) is 24.6. The van der Waals surface area contributed by atoms with Gasteiger partial charge in [-0.3, -0.25) is 14.6 Å². The van der Waals surface area contributed by atoms with E-state index in [-0.39, 0.29) is 35.7 Å². The van der Waals surface area contributed by atoms with E-state index < -0.39 is 23.2 Å². The highest BCUT2D eigenvalue weighted by molar-refractivity contribution is 6.30. The second-order valence-corrected chi connectivity index (χ2v) is 8.89. The van der Waals surface area contributed by atoms with Crippen molar-refractivity contribution in [1.29, 1.82) is 0 Å². The molecule has 1 aromatic heterocycles. The molecule has 0 bridgehead atoms. The van der Waals surface area contributed by atoms with Gasteiger partial charge in [0.05, 0.1) is 17.4 Å². The molecule has 0 radical (unpaired) electrons. The van der Waals surface area contributed by atoms with Crippen LogP contribution in [-0.4, -0.2) is 31.3 Å². The number of aromatic amines is 1. The third kappa shape index (κ3) is 4.28. The number of nitrogens with one attached hydrogen (secondary N) is 1. The number of hydrazone groups is 1. The predicted octanol–water partition coefficient (Wildman–Crippen LogP) is 4.10. The number of amides is 1. The van der Waals surface area contributed by atoms with Gasteiger partial charge in [-0.15, -0.1) is 0 Å². The van der Waals surface area contributed by atoms with Gasteiger partial charge in [0.25, 0.3) is 5.56 Å². The number of aromatic hydroxyl groups is 1. The average Bonchev–Trinajstić information content (AvgIpc) is 3.23. The number of hydrogen-bond acceptors (Lipinski definition) is 5. The molecular weight excluding hydrogens is 456 g/mol. The number of H-pyrrole nitrogens is 1. The molecule has 8 nitrogen and oxygen atoms in total. The van der Waals surface area contributed by atoms with Crippen molar-refractivity contribution in [2.24, 2.45) is 5.10 Å². The zero-order valence-corrected chi connectivity index (χ0v) is 19.8. The van der Waals surface area contributed by atoms with Crippen LogP contribution >= 0.6 is 11.6 Å². The van der Waals surface area contributed by atoms with Crippen molar-refractivity contribution in [3.8, 4) is 11.6 Å². The predicted molar refractivity (Wildman–Crippen MR) is 131 cm³/mol. The first-order valence-corrected chi connectivity index (χ1v) is 11.4. The maximum Gasteiger partial charge on any atom is 0.335 e. The molecule has 176 valence electrons. The highest BCUT2D eigenvalue weighted by Gasteiger charge is 2.35. The fraction of sp³-hybridized carbons (Fsp3) is 0.280. The molecule has 2 heterocycles. The summed E-state index contributed by atoms with van der Waals surface area (Å²) in [6.07, 6.45) is 0.429. The normalized spacial score (nSPS) is 15.6. The Labute approximate surface area is 201 Å². The third-order valence-electron chi connectivity index (χ3n) is 5.90. The van der Waals surface area contributed by atoms with E-state index in [2.05, 4.69) is 23.9 Å². The van der Waals surface area contributed by atoms with Crippen molar-refractivity contribution in [3.63, 3.8) is 0 Å². The van der Waals surface area contributed by atoms with Gasteiger partial charge in [-0.05, 0) is 35.2 Å². The smallest absolute Gasteiger partial charge is 0.335 e. The molecule has 0 saturated carbocycles. The van der Waals surface area contributed by atoms with Crippen LogP contribution in [0.1, 0.15) is 62.3 Å². The Morgan fingerprint density at radius 2 is 1.91 bits per heavy atom. The summed E-state index contributed by atoms with van der Waals surface area (Å²) in [5.41, 5.74) is 0.786. The first kappa shape index (κ1) is 23.5. The molecule has 2 N–H and O–H groups in total. The second-order valence-electron chi connectivity index (χ2n) is 8.45. The number of halogens is 1. The van der Waals surface area contributed by atoms with Crippen LogP contribution in [0, 0.1) is 0 Å². The van der Waals surface area contributed by atoms with Crippen molar-refractivity contribution >= 4 is 23.2 Å². The Morgan fingerprint density at radius 3 is 2.53 bits per heavy atom. The standard InChI is InChI=1S/C25H25ClN4O4/c1-4-21(31)30-20(16-10-8-15(9-11-16)14(2)3)13-19(28-30)22-23(32)27-25(34)29(24(22)33)18-7-5-6-17(26)12-18/h5-12,14,20,33H,4,13H2,1-3H3,(H,27,32,34)/t20-/m0/s1. The molecule has 4 rings (SSSR count). The lowest BCUT2D eigenvalue weighted by Crippen LogP contribution is -2.33. The molecular formula is C25H25ClN4O4. The highest BCUT2D eigenvalue weighted by Crippen LogP contribution is 2.35. The number of hydrogen-bond donors (Lipinski definition) is 2. The average molecular weight is 481 g/mol. The number of aromatic nitrogens is 2. The van der Waals surface area contributed by atoms with Gasteiger partial charge >= 0.3 is 5.69 Å². The number of carbonyl (C=O) groups is 1. The lowest BCUT2D eigenvalue weighted by atomic mass is 9.95. The molecule has 1 aliphatic rings. The molecule has 0 aliphatic carbocycles. The summed E-state index contributed by atoms with van der Waals surface area (Å²) in [4.78, 5) is 40.2. The van der Waals surface area contributed by atoms with Gasteiger partial charge in [-0.25, -0.2) is 14.4 Å². The lowest BCUT2D eigenvalue weighted by molar-refractivity contribution is -0.132. The highest BCUT2D eigenvalue weighted by atomic mass is 35.5. The Morgan fingerprint density at radius 1 is 1.21 bits per heavy atom. The summed E-state index contributed by atoms with van der Waals surface area (Å²) in [5, 5.41) is 17.1. The minimum Gasteiger partial charge on any atom is -0.493 e. The molecule has 3 aromatic rings. The number of carbonyl (C=O) groups excluding carboxylic acids is 1. The van der Waals surface area contributed by atoms with Gasteiger partial charge in [-0.1, -0.05) is 62.7 Å². The fourth-order valence-corrected chi connectivity index (χ4v) is 4.24. The number of benzene rings is 2. The Hall–Kier alpha value is -3.65. The van der Waals surface area contributed by atoms with E-state index in [4.69, 9.17) is 11.6 Å². The van der Waals surface area contributed by atoms with Crippen molar-refractivity contribution in [2.45, 2.75) is 45.6 Å². The van der Waals surface area contributed by atoms with Crippen molar-refractivity contribution in [2.75, 3.05) is 0 Å². The topological polar surface area (TPSA) is 108 Å². The Balaban J connectivity index is 1.81. The van der Waals surface area contributed by atoms with Crippen molar-refractivity contribution in [3.05, 3.63) is 91.1 Å². The molecule has 1 aliphatic heterocycles. The molecule has 2 aromatic carbocycles. The van der Waals surface area contributed by atoms with Gasteiger partial charge in [0, 0.05) is 17.9 Å². The van der Waals surface area contributed by atoms with E-state index in [0.717, 1.165) is 10.1 Å². The maximum absolute atomic E-state index is 12.8. The van der Waals surface area contributed by atoms with Gasteiger partial charge in [0.1, 0.15) is 5.56 Å². The molecule has 1 atom stereocenters. The SMILES string of the molecule is CCC(=O)N1N=C(c2c(O)n(-c3cccc(Cl)c3)c(=O)[nH]c2=O)C[C@H]1c1ccc(C(C)C)cc1.